The molecule has 1 atom stereocenters. The lowest BCUT2D eigenvalue weighted by Gasteiger charge is -2.14. The Morgan fingerprint density at radius 1 is 1.20 bits per heavy atom. The highest BCUT2D eigenvalue weighted by Gasteiger charge is 2.22. The fourth-order valence-electron chi connectivity index (χ4n) is 1.71. The summed E-state index contributed by atoms with van der Waals surface area (Å²) in [6.07, 6.45) is -0.954. The summed E-state index contributed by atoms with van der Waals surface area (Å²) in [7, 11) is 0. The molecule has 0 aliphatic carbocycles. The van der Waals surface area contributed by atoms with Crippen molar-refractivity contribution in [3.8, 4) is 5.75 Å². The van der Waals surface area contributed by atoms with E-state index < -0.39 is 23.5 Å². The number of rotatable bonds is 4. The number of benzene rings is 2. The van der Waals surface area contributed by atoms with Crippen LogP contribution in [0.15, 0.2) is 42.5 Å². The molecule has 2 nitrogen and oxygen atoms in total. The van der Waals surface area contributed by atoms with Crippen LogP contribution < -0.4 is 4.74 Å². The third-order valence-corrected chi connectivity index (χ3v) is 2.93. The smallest absolute Gasteiger partial charge is 0.206 e. The molecular formula is C15H11ClF2O2. The Hall–Kier alpha value is -1.94. The molecule has 5 heteroatoms. The van der Waals surface area contributed by atoms with E-state index in [0.29, 0.717) is 10.8 Å². The Balaban J connectivity index is 2.19. The zero-order valence-electron chi connectivity index (χ0n) is 10.6. The van der Waals surface area contributed by atoms with Gasteiger partial charge in [-0.3, -0.25) is 4.79 Å². The lowest BCUT2D eigenvalue weighted by molar-refractivity contribution is 0.0812. The standard InChI is InChI=1S/C15H11ClF2O2/c1-9(20-11-5-2-4-10(16)8-11)15(19)12-6-3-7-13(17)14(12)18/h2-9H,1H3. The summed E-state index contributed by atoms with van der Waals surface area (Å²) >= 11 is 5.80. The summed E-state index contributed by atoms with van der Waals surface area (Å²) in [5.74, 6) is -2.48. The Morgan fingerprint density at radius 3 is 2.60 bits per heavy atom. The van der Waals surface area contributed by atoms with Crippen molar-refractivity contribution >= 4 is 17.4 Å². The average molecular weight is 297 g/mol. The quantitative estimate of drug-likeness (QED) is 0.788. The van der Waals surface area contributed by atoms with E-state index >= 15 is 0 Å². The molecule has 0 saturated carbocycles. The van der Waals surface area contributed by atoms with Gasteiger partial charge in [-0.25, -0.2) is 8.78 Å². The average Bonchev–Trinajstić information content (AvgIpc) is 2.41. The minimum Gasteiger partial charge on any atom is -0.483 e. The van der Waals surface area contributed by atoms with Gasteiger partial charge in [0, 0.05) is 5.02 Å². The van der Waals surface area contributed by atoms with Gasteiger partial charge >= 0.3 is 0 Å². The molecule has 104 valence electrons. The predicted octanol–water partition coefficient (Wildman–Crippen LogP) is 4.27. The van der Waals surface area contributed by atoms with Gasteiger partial charge in [0.25, 0.3) is 0 Å². The van der Waals surface area contributed by atoms with Crippen LogP contribution in [0.5, 0.6) is 5.75 Å². The van der Waals surface area contributed by atoms with E-state index in [1.165, 1.54) is 25.1 Å². The lowest BCUT2D eigenvalue weighted by Crippen LogP contribution is -2.25. The van der Waals surface area contributed by atoms with E-state index in [0.717, 1.165) is 6.07 Å². The number of halogens is 3. The van der Waals surface area contributed by atoms with Crippen LogP contribution in [0.2, 0.25) is 5.02 Å². The fourth-order valence-corrected chi connectivity index (χ4v) is 1.89. The van der Waals surface area contributed by atoms with Crippen LogP contribution in [0.4, 0.5) is 8.78 Å². The van der Waals surface area contributed by atoms with Gasteiger partial charge in [-0.05, 0) is 37.3 Å². The van der Waals surface area contributed by atoms with Gasteiger partial charge in [0.05, 0.1) is 5.56 Å². The van der Waals surface area contributed by atoms with Crippen molar-refractivity contribution < 1.29 is 18.3 Å². The molecule has 0 aliphatic heterocycles. The van der Waals surface area contributed by atoms with Crippen LogP contribution >= 0.6 is 11.6 Å². The number of hydrogen-bond acceptors (Lipinski definition) is 2. The molecule has 0 N–H and O–H groups in total. The maximum absolute atomic E-state index is 13.5. The Kier molecular flexibility index (Phi) is 4.35. The number of ether oxygens (including phenoxy) is 1. The monoisotopic (exact) mass is 296 g/mol. The molecule has 0 aromatic heterocycles. The Morgan fingerprint density at radius 2 is 1.90 bits per heavy atom. The number of carbonyl (C=O) groups is 1. The Bertz CT molecular complexity index is 644. The van der Waals surface area contributed by atoms with Crippen molar-refractivity contribution in [2.24, 2.45) is 0 Å². The maximum Gasteiger partial charge on any atom is 0.206 e. The van der Waals surface area contributed by atoms with Gasteiger partial charge < -0.3 is 4.74 Å². The number of ketones is 1. The molecule has 2 aromatic carbocycles. The largest absolute Gasteiger partial charge is 0.483 e. The van der Waals surface area contributed by atoms with Gasteiger partial charge in [-0.15, -0.1) is 0 Å². The fraction of sp³-hybridized carbons (Fsp3) is 0.133. The zero-order chi connectivity index (χ0) is 14.7. The Labute approximate surface area is 119 Å². The molecule has 1 unspecified atom stereocenters. The van der Waals surface area contributed by atoms with E-state index in [1.54, 1.807) is 18.2 Å². The summed E-state index contributed by atoms with van der Waals surface area (Å²) in [5.41, 5.74) is -0.334. The minimum atomic E-state index is -1.17. The topological polar surface area (TPSA) is 26.3 Å². The second kappa shape index (κ2) is 6.01. The first-order valence-electron chi connectivity index (χ1n) is 5.89. The summed E-state index contributed by atoms with van der Waals surface area (Å²) in [6.45, 7) is 1.47. The molecule has 0 fully saturated rings. The highest BCUT2D eigenvalue weighted by molar-refractivity contribution is 6.30. The van der Waals surface area contributed by atoms with E-state index in [2.05, 4.69) is 0 Å². The van der Waals surface area contributed by atoms with Crippen LogP contribution in [0, 0.1) is 11.6 Å². The van der Waals surface area contributed by atoms with Crippen LogP contribution in [0.25, 0.3) is 0 Å². The van der Waals surface area contributed by atoms with Gasteiger partial charge in [0.15, 0.2) is 17.7 Å². The molecule has 0 amide bonds. The van der Waals surface area contributed by atoms with Crippen molar-refractivity contribution in [1.29, 1.82) is 0 Å². The molecule has 20 heavy (non-hydrogen) atoms. The number of hydrogen-bond donors (Lipinski definition) is 0. The molecule has 0 heterocycles. The van der Waals surface area contributed by atoms with Crippen molar-refractivity contribution in [2.75, 3.05) is 0 Å². The van der Waals surface area contributed by atoms with Crippen molar-refractivity contribution in [3.63, 3.8) is 0 Å². The lowest BCUT2D eigenvalue weighted by atomic mass is 10.1. The van der Waals surface area contributed by atoms with Crippen molar-refractivity contribution in [3.05, 3.63) is 64.7 Å². The van der Waals surface area contributed by atoms with Gasteiger partial charge in [0.1, 0.15) is 5.75 Å². The van der Waals surface area contributed by atoms with Gasteiger partial charge in [-0.1, -0.05) is 23.7 Å². The summed E-state index contributed by atoms with van der Waals surface area (Å²) in [5, 5.41) is 0.457. The van der Waals surface area contributed by atoms with Crippen LogP contribution in [0.3, 0.4) is 0 Å². The van der Waals surface area contributed by atoms with Crippen molar-refractivity contribution in [2.45, 2.75) is 13.0 Å². The third-order valence-electron chi connectivity index (χ3n) is 2.70. The first kappa shape index (κ1) is 14.5. The molecule has 0 saturated heterocycles. The van der Waals surface area contributed by atoms with E-state index in [4.69, 9.17) is 16.3 Å². The summed E-state index contributed by atoms with van der Waals surface area (Å²) in [4.78, 5) is 12.0. The number of carbonyl (C=O) groups excluding carboxylic acids is 1. The summed E-state index contributed by atoms with van der Waals surface area (Å²) < 4.78 is 32.0. The molecule has 2 aromatic rings. The van der Waals surface area contributed by atoms with Crippen molar-refractivity contribution in [1.82, 2.24) is 0 Å². The highest BCUT2D eigenvalue weighted by atomic mass is 35.5. The number of Topliss-reactive ketones (excluding diaryl/α,β-unsaturated/α-hetero) is 1. The van der Waals surface area contributed by atoms with Crippen LogP contribution in [0.1, 0.15) is 17.3 Å². The van der Waals surface area contributed by atoms with Gasteiger partial charge in [-0.2, -0.15) is 0 Å². The maximum atomic E-state index is 13.5. The highest BCUT2D eigenvalue weighted by Crippen LogP contribution is 2.20. The first-order chi connectivity index (χ1) is 9.49. The second-order valence-corrected chi connectivity index (χ2v) is 4.62. The molecule has 2 rings (SSSR count). The first-order valence-corrected chi connectivity index (χ1v) is 6.27. The normalized spacial score (nSPS) is 12.0. The van der Waals surface area contributed by atoms with Gasteiger partial charge in [0.2, 0.25) is 5.78 Å². The zero-order valence-corrected chi connectivity index (χ0v) is 11.3. The predicted molar refractivity (Wildman–Crippen MR) is 72.2 cm³/mol. The van der Waals surface area contributed by atoms with E-state index in [-0.39, 0.29) is 5.56 Å². The third kappa shape index (κ3) is 3.14. The summed E-state index contributed by atoms with van der Waals surface area (Å²) in [6, 6.07) is 9.93. The van der Waals surface area contributed by atoms with Crippen LogP contribution in [-0.2, 0) is 0 Å². The molecule has 0 spiro atoms. The second-order valence-electron chi connectivity index (χ2n) is 4.18. The molecule has 0 aliphatic rings. The van der Waals surface area contributed by atoms with E-state index in [1.807, 2.05) is 0 Å². The van der Waals surface area contributed by atoms with E-state index in [9.17, 15) is 13.6 Å². The molecule has 0 radical (unpaired) electrons. The SMILES string of the molecule is CC(Oc1cccc(Cl)c1)C(=O)c1cccc(F)c1F. The molecular weight excluding hydrogens is 286 g/mol. The minimum absolute atomic E-state index is 0.334. The van der Waals surface area contributed by atoms with Crippen LogP contribution in [-0.4, -0.2) is 11.9 Å². The molecule has 0 bridgehead atoms.